The summed E-state index contributed by atoms with van der Waals surface area (Å²) >= 11 is 0. The molecule has 0 aromatic carbocycles. The van der Waals surface area contributed by atoms with Crippen molar-refractivity contribution in [1.82, 2.24) is 20.1 Å². The normalized spacial score (nSPS) is 20.7. The Balaban J connectivity index is 1.38. The predicted octanol–water partition coefficient (Wildman–Crippen LogP) is 1.28. The van der Waals surface area contributed by atoms with Gasteiger partial charge in [0.15, 0.2) is 0 Å². The second-order valence-electron chi connectivity index (χ2n) is 6.53. The SMILES string of the molecule is CN(CCc1ccccn1)C(=O)NC[C@@H]1CC(=O)N(C2CC2)C1. The number of nitrogens with zero attached hydrogens (tertiary/aromatic N) is 3. The van der Waals surface area contributed by atoms with E-state index >= 15 is 0 Å². The van der Waals surface area contributed by atoms with E-state index in [2.05, 4.69) is 10.3 Å². The number of likely N-dealkylation sites (tertiary alicyclic amines) is 1. The van der Waals surface area contributed by atoms with Crippen LogP contribution in [0.1, 0.15) is 25.0 Å². The Hall–Kier alpha value is -2.11. The maximum atomic E-state index is 12.1. The van der Waals surface area contributed by atoms with Crippen LogP contribution in [0.2, 0.25) is 0 Å². The lowest BCUT2D eigenvalue weighted by Crippen LogP contribution is -2.41. The van der Waals surface area contributed by atoms with Crippen molar-refractivity contribution >= 4 is 11.9 Å². The number of carbonyl (C=O) groups is 2. The molecule has 0 unspecified atom stereocenters. The van der Waals surface area contributed by atoms with Crippen LogP contribution in [-0.4, -0.2) is 59.4 Å². The van der Waals surface area contributed by atoms with Crippen LogP contribution in [-0.2, 0) is 11.2 Å². The van der Waals surface area contributed by atoms with Crippen molar-refractivity contribution in [2.45, 2.75) is 31.7 Å². The highest BCUT2D eigenvalue weighted by molar-refractivity contribution is 5.79. The van der Waals surface area contributed by atoms with Crippen LogP contribution >= 0.6 is 0 Å². The van der Waals surface area contributed by atoms with E-state index in [1.807, 2.05) is 23.1 Å². The fraction of sp³-hybridized carbons (Fsp3) is 0.588. The van der Waals surface area contributed by atoms with Gasteiger partial charge in [-0.05, 0) is 25.0 Å². The van der Waals surface area contributed by atoms with Crippen LogP contribution in [0, 0.1) is 5.92 Å². The Morgan fingerprint density at radius 2 is 2.26 bits per heavy atom. The van der Waals surface area contributed by atoms with Crippen LogP contribution in [0.5, 0.6) is 0 Å². The lowest BCUT2D eigenvalue weighted by Gasteiger charge is -2.19. The molecule has 1 N–H and O–H groups in total. The summed E-state index contributed by atoms with van der Waals surface area (Å²) in [5, 5.41) is 2.95. The average Bonchev–Trinajstić information content (AvgIpc) is 3.34. The Morgan fingerprint density at radius 3 is 2.96 bits per heavy atom. The number of hydrogen-bond donors (Lipinski definition) is 1. The molecule has 2 heterocycles. The first kappa shape index (κ1) is 15.8. The van der Waals surface area contributed by atoms with Crippen LogP contribution in [0.3, 0.4) is 0 Å². The second-order valence-corrected chi connectivity index (χ2v) is 6.53. The van der Waals surface area contributed by atoms with E-state index in [1.165, 1.54) is 0 Å². The van der Waals surface area contributed by atoms with Gasteiger partial charge < -0.3 is 15.1 Å². The minimum absolute atomic E-state index is 0.0850. The lowest BCUT2D eigenvalue weighted by molar-refractivity contribution is -0.128. The van der Waals surface area contributed by atoms with Crippen LogP contribution in [0.15, 0.2) is 24.4 Å². The molecule has 0 radical (unpaired) electrons. The number of carbonyl (C=O) groups excluding carboxylic acids is 2. The summed E-state index contributed by atoms with van der Waals surface area (Å²) in [6, 6.07) is 6.18. The quantitative estimate of drug-likeness (QED) is 0.860. The van der Waals surface area contributed by atoms with E-state index in [0.29, 0.717) is 25.6 Å². The minimum atomic E-state index is -0.0850. The molecule has 2 fully saturated rings. The molecule has 1 aromatic heterocycles. The van der Waals surface area contributed by atoms with Crippen molar-refractivity contribution in [2.75, 3.05) is 26.7 Å². The molecule has 23 heavy (non-hydrogen) atoms. The third-order valence-corrected chi connectivity index (χ3v) is 4.54. The molecule has 1 aromatic rings. The van der Waals surface area contributed by atoms with E-state index in [9.17, 15) is 9.59 Å². The standard InChI is InChI=1S/C17H24N4O2/c1-20(9-7-14-4-2-3-8-18-14)17(23)19-11-13-10-16(22)21(12-13)15-5-6-15/h2-4,8,13,15H,5-7,9-12H2,1H3,(H,19,23)/t13-/m0/s1. The molecule has 2 aliphatic rings. The number of nitrogens with one attached hydrogen (secondary N) is 1. The summed E-state index contributed by atoms with van der Waals surface area (Å²) in [6.45, 7) is 1.99. The van der Waals surface area contributed by atoms with E-state index in [0.717, 1.165) is 31.5 Å². The number of pyridine rings is 1. The minimum Gasteiger partial charge on any atom is -0.339 e. The summed E-state index contributed by atoms with van der Waals surface area (Å²) in [7, 11) is 1.79. The van der Waals surface area contributed by atoms with Crippen molar-refractivity contribution in [3.8, 4) is 0 Å². The monoisotopic (exact) mass is 316 g/mol. The first-order chi connectivity index (χ1) is 11.1. The zero-order valence-electron chi connectivity index (χ0n) is 13.6. The Morgan fingerprint density at radius 1 is 1.43 bits per heavy atom. The summed E-state index contributed by atoms with van der Waals surface area (Å²) in [5.74, 6) is 0.492. The zero-order chi connectivity index (χ0) is 16.2. The van der Waals surface area contributed by atoms with Crippen molar-refractivity contribution in [2.24, 2.45) is 5.92 Å². The van der Waals surface area contributed by atoms with Gasteiger partial charge in [-0.25, -0.2) is 4.79 Å². The third-order valence-electron chi connectivity index (χ3n) is 4.54. The number of likely N-dealkylation sites (N-methyl/N-ethyl adjacent to an activating group) is 1. The number of aromatic nitrogens is 1. The second kappa shape index (κ2) is 6.98. The molecular weight excluding hydrogens is 292 g/mol. The highest BCUT2D eigenvalue weighted by Crippen LogP contribution is 2.32. The van der Waals surface area contributed by atoms with Gasteiger partial charge in [-0.1, -0.05) is 6.07 Å². The van der Waals surface area contributed by atoms with E-state index in [1.54, 1.807) is 18.1 Å². The van der Waals surface area contributed by atoms with Gasteiger partial charge in [-0.15, -0.1) is 0 Å². The predicted molar refractivity (Wildman–Crippen MR) is 86.8 cm³/mol. The van der Waals surface area contributed by atoms with E-state index in [-0.39, 0.29) is 17.9 Å². The number of rotatable bonds is 6. The summed E-state index contributed by atoms with van der Waals surface area (Å²) in [6.07, 6.45) is 5.34. The van der Waals surface area contributed by atoms with Gasteiger partial charge in [-0.3, -0.25) is 9.78 Å². The summed E-state index contributed by atoms with van der Waals surface area (Å²) in [4.78, 5) is 31.9. The number of hydrogen-bond acceptors (Lipinski definition) is 3. The first-order valence-corrected chi connectivity index (χ1v) is 8.32. The molecule has 0 spiro atoms. The van der Waals surface area contributed by atoms with Crippen LogP contribution in [0.25, 0.3) is 0 Å². The smallest absolute Gasteiger partial charge is 0.317 e. The molecule has 0 bridgehead atoms. The maximum absolute atomic E-state index is 12.1. The lowest BCUT2D eigenvalue weighted by atomic mass is 10.1. The van der Waals surface area contributed by atoms with E-state index in [4.69, 9.17) is 0 Å². The van der Waals surface area contributed by atoms with Crippen molar-refractivity contribution in [3.05, 3.63) is 30.1 Å². The third kappa shape index (κ3) is 4.21. The highest BCUT2D eigenvalue weighted by atomic mass is 16.2. The average molecular weight is 316 g/mol. The van der Waals surface area contributed by atoms with Gasteiger partial charge in [0.1, 0.15) is 0 Å². The van der Waals surface area contributed by atoms with Crippen LogP contribution in [0.4, 0.5) is 4.79 Å². The molecule has 124 valence electrons. The first-order valence-electron chi connectivity index (χ1n) is 8.32. The van der Waals surface area contributed by atoms with Crippen LogP contribution < -0.4 is 5.32 Å². The summed E-state index contributed by atoms with van der Waals surface area (Å²) in [5.41, 5.74) is 0.980. The van der Waals surface area contributed by atoms with Gasteiger partial charge in [0.2, 0.25) is 5.91 Å². The highest BCUT2D eigenvalue weighted by Gasteiger charge is 2.39. The van der Waals surface area contributed by atoms with Gasteiger partial charge >= 0.3 is 6.03 Å². The largest absolute Gasteiger partial charge is 0.339 e. The molecular formula is C17H24N4O2. The molecule has 6 nitrogen and oxygen atoms in total. The fourth-order valence-electron chi connectivity index (χ4n) is 2.98. The Bertz CT molecular complexity index is 559. The van der Waals surface area contributed by atoms with Crippen molar-refractivity contribution in [3.63, 3.8) is 0 Å². The summed E-state index contributed by atoms with van der Waals surface area (Å²) < 4.78 is 0. The van der Waals surface area contributed by atoms with E-state index < -0.39 is 0 Å². The topological polar surface area (TPSA) is 65.5 Å². The molecule has 1 aliphatic heterocycles. The number of urea groups is 1. The van der Waals surface area contributed by atoms with Crippen molar-refractivity contribution in [1.29, 1.82) is 0 Å². The molecule has 1 atom stereocenters. The Labute approximate surface area is 136 Å². The zero-order valence-corrected chi connectivity index (χ0v) is 13.6. The molecule has 3 amide bonds. The van der Waals surface area contributed by atoms with Crippen molar-refractivity contribution < 1.29 is 9.59 Å². The van der Waals surface area contributed by atoms with Gasteiger partial charge in [0.05, 0.1) is 0 Å². The molecule has 3 rings (SSSR count). The fourth-order valence-corrected chi connectivity index (χ4v) is 2.98. The maximum Gasteiger partial charge on any atom is 0.317 e. The molecule has 1 aliphatic carbocycles. The molecule has 1 saturated heterocycles. The Kier molecular flexibility index (Phi) is 4.79. The van der Waals surface area contributed by atoms with Gasteiger partial charge in [-0.2, -0.15) is 0 Å². The molecule has 6 heteroatoms. The number of amides is 3. The molecule has 1 saturated carbocycles. The van der Waals surface area contributed by atoms with Gasteiger partial charge in [0, 0.05) is 63.4 Å². The van der Waals surface area contributed by atoms with Gasteiger partial charge in [0.25, 0.3) is 0 Å².